The van der Waals surface area contributed by atoms with E-state index in [-0.39, 0.29) is 0 Å². The molecular formula is C10H10ClZr. The Morgan fingerprint density at radius 2 is 1.50 bits per heavy atom. The molecule has 0 saturated heterocycles. The topological polar surface area (TPSA) is 0 Å². The van der Waals surface area contributed by atoms with Gasteiger partial charge in [0.15, 0.2) is 0 Å². The van der Waals surface area contributed by atoms with Crippen molar-refractivity contribution in [3.8, 4) is 0 Å². The summed E-state index contributed by atoms with van der Waals surface area (Å²) < 4.78 is 3.04. The molecule has 0 unspecified atom stereocenters. The SMILES string of the molecule is [Cl][Zr]([C]1=CC=CC1)[C]1=CC=CC1. The van der Waals surface area contributed by atoms with Gasteiger partial charge in [-0.15, -0.1) is 0 Å². The fourth-order valence-electron chi connectivity index (χ4n) is 1.43. The second-order valence-corrected chi connectivity index (χ2v) is 9.90. The van der Waals surface area contributed by atoms with Gasteiger partial charge in [0.05, 0.1) is 0 Å². The molecule has 0 spiro atoms. The minimum atomic E-state index is -1.80. The van der Waals surface area contributed by atoms with Crippen molar-refractivity contribution in [3.63, 3.8) is 0 Å². The first-order valence-electron chi connectivity index (χ1n) is 4.12. The van der Waals surface area contributed by atoms with Crippen molar-refractivity contribution < 1.29 is 20.6 Å². The number of allylic oxidation sites excluding steroid dienone is 8. The van der Waals surface area contributed by atoms with Crippen LogP contribution in [0.2, 0.25) is 0 Å². The van der Waals surface area contributed by atoms with Gasteiger partial charge in [-0.25, -0.2) is 0 Å². The maximum absolute atomic E-state index is 6.47. The first kappa shape index (κ1) is 8.72. The van der Waals surface area contributed by atoms with E-state index in [1.54, 1.807) is 0 Å². The summed E-state index contributed by atoms with van der Waals surface area (Å²) in [5.41, 5.74) is 0. The van der Waals surface area contributed by atoms with Crippen molar-refractivity contribution in [2.45, 2.75) is 12.8 Å². The normalized spacial score (nSPS) is 19.8. The molecule has 0 aromatic heterocycles. The first-order valence-corrected chi connectivity index (χ1v) is 9.75. The van der Waals surface area contributed by atoms with Gasteiger partial charge in [0.2, 0.25) is 0 Å². The Hall–Kier alpha value is 0.133. The number of hydrogen-bond acceptors (Lipinski definition) is 0. The molecule has 2 aliphatic carbocycles. The molecule has 0 bridgehead atoms. The molecule has 0 fully saturated rings. The van der Waals surface area contributed by atoms with E-state index in [0.717, 1.165) is 12.8 Å². The quantitative estimate of drug-likeness (QED) is 0.710. The van der Waals surface area contributed by atoms with E-state index >= 15 is 0 Å². The van der Waals surface area contributed by atoms with E-state index in [9.17, 15) is 0 Å². The van der Waals surface area contributed by atoms with E-state index in [0.29, 0.717) is 0 Å². The predicted octanol–water partition coefficient (Wildman–Crippen LogP) is 3.45. The second kappa shape index (κ2) is 3.89. The van der Waals surface area contributed by atoms with Gasteiger partial charge in [-0.2, -0.15) is 0 Å². The number of rotatable bonds is 2. The number of hydrogen-bond donors (Lipinski definition) is 0. The fraction of sp³-hybridized carbons (Fsp3) is 0.200. The Kier molecular flexibility index (Phi) is 2.83. The zero-order chi connectivity index (χ0) is 8.39. The van der Waals surface area contributed by atoms with Crippen LogP contribution in [0.4, 0.5) is 0 Å². The molecule has 0 amide bonds. The fourth-order valence-corrected chi connectivity index (χ4v) is 6.75. The third-order valence-corrected chi connectivity index (χ3v) is 9.57. The predicted molar refractivity (Wildman–Crippen MR) is 49.5 cm³/mol. The molecule has 0 aliphatic heterocycles. The average Bonchev–Trinajstić information content (AvgIpc) is 2.77. The van der Waals surface area contributed by atoms with Crippen LogP contribution in [0.25, 0.3) is 0 Å². The molecular weight excluding hydrogens is 247 g/mol. The van der Waals surface area contributed by atoms with Crippen LogP contribution in [0.5, 0.6) is 0 Å². The zero-order valence-corrected chi connectivity index (χ0v) is 9.97. The average molecular weight is 257 g/mol. The molecule has 0 heterocycles. The monoisotopic (exact) mass is 255 g/mol. The first-order chi connectivity index (χ1) is 5.88. The van der Waals surface area contributed by atoms with Gasteiger partial charge in [-0.3, -0.25) is 0 Å². The molecule has 0 aromatic rings. The summed E-state index contributed by atoms with van der Waals surface area (Å²) in [4.78, 5) is 0. The van der Waals surface area contributed by atoms with Gasteiger partial charge in [0.1, 0.15) is 0 Å². The van der Waals surface area contributed by atoms with Crippen molar-refractivity contribution in [1.29, 1.82) is 0 Å². The Morgan fingerprint density at radius 3 is 1.83 bits per heavy atom. The van der Waals surface area contributed by atoms with E-state index < -0.39 is 20.6 Å². The number of halogens is 1. The van der Waals surface area contributed by atoms with Gasteiger partial charge in [0, 0.05) is 0 Å². The van der Waals surface area contributed by atoms with Crippen LogP contribution in [0.1, 0.15) is 12.8 Å². The molecule has 12 heavy (non-hydrogen) atoms. The molecule has 0 radical (unpaired) electrons. The summed E-state index contributed by atoms with van der Waals surface area (Å²) in [6.45, 7) is 0. The standard InChI is InChI=1S/2C5H5.ClH.Zr/c2*1-2-4-5-3-1;;/h2*1-3H,4H2;1H;/q;;;+1/p-1. The van der Waals surface area contributed by atoms with Crippen LogP contribution in [0.3, 0.4) is 0 Å². The molecule has 0 saturated carbocycles. The van der Waals surface area contributed by atoms with Gasteiger partial charge in [-0.1, -0.05) is 0 Å². The van der Waals surface area contributed by atoms with Crippen molar-refractivity contribution in [3.05, 3.63) is 43.0 Å². The van der Waals surface area contributed by atoms with Crippen LogP contribution in [-0.2, 0) is 20.6 Å². The van der Waals surface area contributed by atoms with Crippen LogP contribution < -0.4 is 0 Å². The van der Waals surface area contributed by atoms with Crippen LogP contribution in [0.15, 0.2) is 43.0 Å². The van der Waals surface area contributed by atoms with Crippen molar-refractivity contribution in [2.75, 3.05) is 0 Å². The van der Waals surface area contributed by atoms with Crippen molar-refractivity contribution in [2.24, 2.45) is 0 Å². The summed E-state index contributed by atoms with van der Waals surface area (Å²) in [5, 5.41) is 0. The Bertz CT molecular complexity index is 267. The van der Waals surface area contributed by atoms with E-state index in [2.05, 4.69) is 36.5 Å². The Morgan fingerprint density at radius 1 is 1.00 bits per heavy atom. The van der Waals surface area contributed by atoms with Crippen molar-refractivity contribution in [1.82, 2.24) is 0 Å². The second-order valence-electron chi connectivity index (χ2n) is 2.96. The van der Waals surface area contributed by atoms with Crippen LogP contribution in [-0.4, -0.2) is 0 Å². The van der Waals surface area contributed by atoms with Crippen LogP contribution >= 0.6 is 8.51 Å². The summed E-state index contributed by atoms with van der Waals surface area (Å²) in [6, 6.07) is 0. The molecule has 0 aromatic carbocycles. The molecule has 2 heteroatoms. The molecule has 0 N–H and O–H groups in total. The summed E-state index contributed by atoms with van der Waals surface area (Å²) in [6.07, 6.45) is 15.3. The third-order valence-electron chi connectivity index (χ3n) is 2.11. The van der Waals surface area contributed by atoms with Gasteiger partial charge in [-0.05, 0) is 0 Å². The molecule has 0 atom stereocenters. The summed E-state index contributed by atoms with van der Waals surface area (Å²) in [5.74, 6) is 0. The minimum absolute atomic E-state index is 1.11. The van der Waals surface area contributed by atoms with Gasteiger partial charge in [0.25, 0.3) is 0 Å². The third kappa shape index (κ3) is 1.73. The van der Waals surface area contributed by atoms with Crippen LogP contribution in [0, 0.1) is 0 Å². The van der Waals surface area contributed by atoms with E-state index in [1.807, 2.05) is 0 Å². The molecule has 61 valence electrons. The zero-order valence-electron chi connectivity index (χ0n) is 6.76. The maximum atomic E-state index is 6.47. The molecule has 0 nitrogen and oxygen atoms in total. The van der Waals surface area contributed by atoms with Gasteiger partial charge < -0.3 is 0 Å². The molecule has 2 rings (SSSR count). The molecule has 2 aliphatic rings. The summed E-state index contributed by atoms with van der Waals surface area (Å²) in [7, 11) is 6.47. The van der Waals surface area contributed by atoms with Crippen molar-refractivity contribution >= 4 is 8.51 Å². The Labute approximate surface area is 84.5 Å². The van der Waals surface area contributed by atoms with E-state index in [4.69, 9.17) is 8.51 Å². The summed E-state index contributed by atoms with van der Waals surface area (Å²) >= 11 is -1.80. The van der Waals surface area contributed by atoms with Gasteiger partial charge >= 0.3 is 84.9 Å². The van der Waals surface area contributed by atoms with E-state index in [1.165, 1.54) is 6.56 Å². The Balaban J connectivity index is 2.05.